The van der Waals surface area contributed by atoms with E-state index in [0.717, 1.165) is 42.9 Å². The molecule has 4 rings (SSSR count). The largest absolute Gasteiger partial charge is 0.497 e. The monoisotopic (exact) mass is 339 g/mol. The summed E-state index contributed by atoms with van der Waals surface area (Å²) in [6.07, 6.45) is 5.84. The summed E-state index contributed by atoms with van der Waals surface area (Å²) in [6, 6.07) is 7.63. The average Bonchev–Trinajstić information content (AvgIpc) is 3.28. The topological polar surface area (TPSA) is 86.0 Å². The van der Waals surface area contributed by atoms with Crippen LogP contribution in [0.2, 0.25) is 0 Å². The van der Waals surface area contributed by atoms with Gasteiger partial charge in [-0.3, -0.25) is 0 Å². The highest BCUT2D eigenvalue weighted by molar-refractivity contribution is 5.70. The van der Waals surface area contributed by atoms with E-state index in [1.165, 1.54) is 0 Å². The highest BCUT2D eigenvalue weighted by Gasteiger charge is 2.25. The van der Waals surface area contributed by atoms with E-state index in [2.05, 4.69) is 15.3 Å². The number of hydrogen-bond acceptors (Lipinski definition) is 6. The van der Waals surface area contributed by atoms with Gasteiger partial charge < -0.3 is 9.84 Å². The molecule has 2 aromatic heterocycles. The number of nitrogens with zero attached hydrogens (tertiary/aromatic N) is 5. The molecule has 1 aromatic carbocycles. The molecule has 1 saturated carbocycles. The molecule has 0 bridgehead atoms. The van der Waals surface area contributed by atoms with Crippen LogP contribution in [-0.2, 0) is 6.42 Å². The fourth-order valence-electron chi connectivity index (χ4n) is 3.55. The Morgan fingerprint density at radius 1 is 1.20 bits per heavy atom. The fourth-order valence-corrected chi connectivity index (χ4v) is 3.55. The van der Waals surface area contributed by atoms with Crippen LogP contribution >= 0.6 is 0 Å². The number of aliphatic hydroxyl groups excluding tert-OH is 1. The highest BCUT2D eigenvalue weighted by atomic mass is 16.5. The zero-order valence-electron chi connectivity index (χ0n) is 14.2. The zero-order valence-corrected chi connectivity index (χ0v) is 14.2. The van der Waals surface area contributed by atoms with Crippen LogP contribution in [0.3, 0.4) is 0 Å². The van der Waals surface area contributed by atoms with Crippen molar-refractivity contribution in [3.05, 3.63) is 36.3 Å². The molecule has 7 heteroatoms. The van der Waals surface area contributed by atoms with E-state index in [9.17, 15) is 5.11 Å². The van der Waals surface area contributed by atoms with Crippen LogP contribution in [0.1, 0.15) is 25.1 Å². The summed E-state index contributed by atoms with van der Waals surface area (Å²) in [5, 5.41) is 17.7. The van der Waals surface area contributed by atoms with E-state index in [1.807, 2.05) is 24.3 Å². The van der Waals surface area contributed by atoms with Gasteiger partial charge in [0.2, 0.25) is 0 Å². The van der Waals surface area contributed by atoms with Crippen LogP contribution in [0, 0.1) is 11.8 Å². The van der Waals surface area contributed by atoms with Crippen molar-refractivity contribution in [3.63, 3.8) is 0 Å². The van der Waals surface area contributed by atoms with Gasteiger partial charge in [0.15, 0.2) is 11.2 Å². The number of hydrogen-bond donors (Lipinski definition) is 1. The number of aromatic nitrogens is 5. The molecular weight excluding hydrogens is 318 g/mol. The summed E-state index contributed by atoms with van der Waals surface area (Å²) in [6.45, 7) is 0.282. The molecule has 25 heavy (non-hydrogen) atoms. The number of rotatable bonds is 5. The molecule has 2 atom stereocenters. The first-order chi connectivity index (χ1) is 12.3. The normalized spacial score (nSPS) is 20.2. The Morgan fingerprint density at radius 2 is 2.00 bits per heavy atom. The highest BCUT2D eigenvalue weighted by Crippen LogP contribution is 2.32. The predicted molar refractivity (Wildman–Crippen MR) is 92.6 cm³/mol. The van der Waals surface area contributed by atoms with Gasteiger partial charge in [0, 0.05) is 13.0 Å². The van der Waals surface area contributed by atoms with Crippen LogP contribution in [0.4, 0.5) is 0 Å². The Labute approximate surface area is 145 Å². The summed E-state index contributed by atoms with van der Waals surface area (Å²) in [5.41, 5.74) is 2.28. The smallest absolute Gasteiger partial charge is 0.187 e. The lowest BCUT2D eigenvalue weighted by Gasteiger charge is -2.09. The van der Waals surface area contributed by atoms with E-state index >= 15 is 0 Å². The molecule has 1 aliphatic carbocycles. The maximum Gasteiger partial charge on any atom is 0.187 e. The number of fused-ring (bicyclic) bond motifs is 1. The van der Waals surface area contributed by atoms with Gasteiger partial charge in [0.1, 0.15) is 11.6 Å². The molecule has 1 fully saturated rings. The number of methoxy groups -OCH3 is 1. The standard InChI is InChI=1S/C18H21N5O2/c1-25-15-6-4-14(5-7-15)23-18-16(21-22-23)10-19-17(20-18)9-12-2-3-13(8-12)11-24/h4-7,10,12-13,24H,2-3,8-9,11H2,1H3/t12-,13+/m1/s1. The first kappa shape index (κ1) is 16.0. The fraction of sp³-hybridized carbons (Fsp3) is 0.444. The van der Waals surface area contributed by atoms with Gasteiger partial charge in [-0.2, -0.15) is 4.68 Å². The maximum atomic E-state index is 9.30. The molecule has 0 amide bonds. The minimum absolute atomic E-state index is 0.282. The predicted octanol–water partition coefficient (Wildman–Crippen LogP) is 2.17. The van der Waals surface area contributed by atoms with E-state index in [-0.39, 0.29) is 6.61 Å². The molecule has 0 saturated heterocycles. The van der Waals surface area contributed by atoms with Gasteiger partial charge in [-0.05, 0) is 55.4 Å². The van der Waals surface area contributed by atoms with Crippen LogP contribution in [0.25, 0.3) is 16.9 Å². The summed E-state index contributed by atoms with van der Waals surface area (Å²) in [7, 11) is 1.64. The van der Waals surface area contributed by atoms with Crippen LogP contribution < -0.4 is 4.74 Å². The van der Waals surface area contributed by atoms with Crippen LogP contribution in [-0.4, -0.2) is 43.8 Å². The quantitative estimate of drug-likeness (QED) is 0.767. The van der Waals surface area contributed by atoms with Crippen molar-refractivity contribution < 1.29 is 9.84 Å². The van der Waals surface area contributed by atoms with Gasteiger partial charge >= 0.3 is 0 Å². The van der Waals surface area contributed by atoms with Crippen molar-refractivity contribution >= 4 is 11.2 Å². The number of ether oxygens (including phenoxy) is 1. The summed E-state index contributed by atoms with van der Waals surface area (Å²) < 4.78 is 6.92. The van der Waals surface area contributed by atoms with Crippen LogP contribution in [0.15, 0.2) is 30.5 Å². The Bertz CT molecular complexity index is 862. The van der Waals surface area contributed by atoms with E-state index in [4.69, 9.17) is 9.72 Å². The third-order valence-corrected chi connectivity index (χ3v) is 4.94. The molecule has 0 spiro atoms. The lowest BCUT2D eigenvalue weighted by atomic mass is 10.0. The first-order valence-electron chi connectivity index (χ1n) is 8.59. The Balaban J connectivity index is 1.61. The zero-order chi connectivity index (χ0) is 17.2. The lowest BCUT2D eigenvalue weighted by molar-refractivity contribution is 0.226. The van der Waals surface area contributed by atoms with Crippen molar-refractivity contribution in [1.29, 1.82) is 0 Å². The summed E-state index contributed by atoms with van der Waals surface area (Å²) in [4.78, 5) is 9.15. The van der Waals surface area contributed by atoms with Gasteiger partial charge in [0.05, 0.1) is 19.0 Å². The molecule has 0 aliphatic heterocycles. The van der Waals surface area contributed by atoms with E-state index < -0.39 is 0 Å². The van der Waals surface area contributed by atoms with Crippen molar-refractivity contribution in [2.45, 2.75) is 25.7 Å². The molecule has 1 N–H and O–H groups in total. The molecule has 2 heterocycles. The Kier molecular flexibility index (Phi) is 4.31. The molecule has 1 aliphatic rings. The third-order valence-electron chi connectivity index (χ3n) is 4.94. The Hall–Kier alpha value is -2.54. The van der Waals surface area contributed by atoms with E-state index in [0.29, 0.717) is 23.0 Å². The minimum atomic E-state index is 0.282. The second-order valence-electron chi connectivity index (χ2n) is 6.63. The molecular formula is C18H21N5O2. The van der Waals surface area contributed by atoms with E-state index in [1.54, 1.807) is 18.0 Å². The molecule has 0 unspecified atom stereocenters. The average molecular weight is 339 g/mol. The second kappa shape index (κ2) is 6.76. The van der Waals surface area contributed by atoms with Gasteiger partial charge in [0.25, 0.3) is 0 Å². The number of benzene rings is 1. The SMILES string of the molecule is COc1ccc(-n2nnc3cnc(C[C@@H]4CC[C@H](CO)C4)nc32)cc1. The second-order valence-corrected chi connectivity index (χ2v) is 6.63. The van der Waals surface area contributed by atoms with Crippen LogP contribution in [0.5, 0.6) is 5.75 Å². The molecule has 130 valence electrons. The Morgan fingerprint density at radius 3 is 2.72 bits per heavy atom. The van der Waals surface area contributed by atoms with Gasteiger partial charge in [-0.1, -0.05) is 5.21 Å². The summed E-state index contributed by atoms with van der Waals surface area (Å²) in [5.74, 6) is 2.58. The maximum absolute atomic E-state index is 9.30. The molecule has 3 aromatic rings. The van der Waals surface area contributed by atoms with Crippen molar-refractivity contribution in [3.8, 4) is 11.4 Å². The van der Waals surface area contributed by atoms with Gasteiger partial charge in [-0.25, -0.2) is 9.97 Å². The van der Waals surface area contributed by atoms with Crippen molar-refractivity contribution in [2.75, 3.05) is 13.7 Å². The van der Waals surface area contributed by atoms with Crippen molar-refractivity contribution in [1.82, 2.24) is 25.0 Å². The first-order valence-corrected chi connectivity index (χ1v) is 8.59. The summed E-state index contributed by atoms with van der Waals surface area (Å²) >= 11 is 0. The minimum Gasteiger partial charge on any atom is -0.497 e. The third kappa shape index (κ3) is 3.19. The molecule has 0 radical (unpaired) electrons. The van der Waals surface area contributed by atoms with Crippen molar-refractivity contribution in [2.24, 2.45) is 11.8 Å². The number of aliphatic hydroxyl groups is 1. The van der Waals surface area contributed by atoms with Gasteiger partial charge in [-0.15, -0.1) is 5.10 Å². The lowest BCUT2D eigenvalue weighted by Crippen LogP contribution is -2.07. The molecule has 7 nitrogen and oxygen atoms in total.